The zero-order chi connectivity index (χ0) is 44.0. The second-order valence-electron chi connectivity index (χ2n) is 13.4. The maximum Gasteiger partial charge on any atom is 0.166 e. The van der Waals surface area contributed by atoms with Gasteiger partial charge in [-0.25, -0.2) is 15.0 Å². The molecule has 0 saturated heterocycles. The summed E-state index contributed by atoms with van der Waals surface area (Å²) >= 11 is 1.69. The van der Waals surface area contributed by atoms with Gasteiger partial charge in [0.15, 0.2) is 17.5 Å². The maximum absolute atomic E-state index is 9.38. The first-order chi connectivity index (χ1) is 31.1. The molecule has 0 N–H and O–H groups in total. The topological polar surface area (TPSA) is 43.6 Å². The van der Waals surface area contributed by atoms with Crippen LogP contribution in [0.2, 0.25) is 0 Å². The van der Waals surface area contributed by atoms with Crippen molar-refractivity contribution in [1.82, 2.24) is 19.5 Å². The number of para-hydroxylation sites is 2. The summed E-state index contributed by atoms with van der Waals surface area (Å²) in [4.78, 5) is 15.0. The molecule has 0 saturated carbocycles. The van der Waals surface area contributed by atoms with Crippen molar-refractivity contribution in [2.24, 2.45) is 0 Å². The molecule has 0 unspecified atom stereocenters. The van der Waals surface area contributed by atoms with Gasteiger partial charge in [0.1, 0.15) is 0 Å². The van der Waals surface area contributed by atoms with Crippen molar-refractivity contribution >= 4 is 53.3 Å². The Kier molecular flexibility index (Phi) is 5.92. The van der Waals surface area contributed by atoms with Crippen LogP contribution >= 0.6 is 11.3 Å². The van der Waals surface area contributed by atoms with Crippen LogP contribution in [-0.4, -0.2) is 19.5 Å². The Hall–Kier alpha value is -7.21. The number of nitrogens with zero attached hydrogens (tertiary/aromatic N) is 4. The van der Waals surface area contributed by atoms with Crippen molar-refractivity contribution in [3.63, 3.8) is 0 Å². The second kappa shape index (κ2) is 13.3. The van der Waals surface area contributed by atoms with Crippen LogP contribution < -0.4 is 0 Å². The van der Waals surface area contributed by atoms with E-state index in [4.69, 9.17) is 23.2 Å². The van der Waals surface area contributed by atoms with Gasteiger partial charge in [-0.1, -0.05) is 170 Å². The summed E-state index contributed by atoms with van der Waals surface area (Å²) in [5.41, 5.74) is 6.16. The Morgan fingerprint density at radius 2 is 0.875 bits per heavy atom. The number of fused-ring (bicyclic) bond motifs is 6. The molecule has 8 aromatic carbocycles. The molecule has 0 bridgehead atoms. The van der Waals surface area contributed by atoms with Crippen molar-refractivity contribution in [2.45, 2.75) is 0 Å². The van der Waals surface area contributed by atoms with Crippen molar-refractivity contribution < 1.29 is 11.0 Å². The lowest BCUT2D eigenvalue weighted by atomic mass is 9.98. The van der Waals surface area contributed by atoms with Crippen LogP contribution in [0.15, 0.2) is 194 Å². The highest BCUT2D eigenvalue weighted by Crippen LogP contribution is 2.45. The van der Waals surface area contributed by atoms with Crippen molar-refractivity contribution in [3.8, 4) is 62.1 Å². The first-order valence-electron chi connectivity index (χ1n) is 22.1. The van der Waals surface area contributed by atoms with Gasteiger partial charge in [-0.3, -0.25) is 0 Å². The van der Waals surface area contributed by atoms with Crippen LogP contribution in [0, 0.1) is 0 Å². The highest BCUT2D eigenvalue weighted by molar-refractivity contribution is 7.26. The van der Waals surface area contributed by atoms with Crippen LogP contribution in [0.3, 0.4) is 0 Å². The van der Waals surface area contributed by atoms with Crippen LogP contribution in [0.25, 0.3) is 104 Å². The van der Waals surface area contributed by atoms with E-state index in [-0.39, 0.29) is 27.6 Å². The van der Waals surface area contributed by atoms with Gasteiger partial charge < -0.3 is 4.57 Å². The fourth-order valence-corrected chi connectivity index (χ4v) is 8.93. The van der Waals surface area contributed by atoms with Crippen LogP contribution in [-0.2, 0) is 0 Å². The molecule has 0 amide bonds. The van der Waals surface area contributed by atoms with Gasteiger partial charge in [0.25, 0.3) is 0 Å². The van der Waals surface area contributed by atoms with Gasteiger partial charge >= 0.3 is 0 Å². The van der Waals surface area contributed by atoms with E-state index in [1.807, 2.05) is 109 Å². The molecule has 0 spiro atoms. The SMILES string of the molecule is [2H]c1c([2H])c([2H])c2c(c1[2H])c1c([2H])c([2H])c([2H])c([2H])c1n2-c1cc(-c2cccc3c2sc2c(-c4ccccc4)cccc23)ccc1-c1nc(-c2ccccc2)nc(-c2ccccc2)n1. The molecule has 0 radical (unpaired) electrons. The lowest BCUT2D eigenvalue weighted by Crippen LogP contribution is -2.04. The molecule has 0 aliphatic carbocycles. The van der Waals surface area contributed by atoms with E-state index >= 15 is 0 Å². The molecule has 4 nitrogen and oxygen atoms in total. The molecule has 56 heavy (non-hydrogen) atoms. The summed E-state index contributed by atoms with van der Waals surface area (Å²) in [5, 5.41) is 2.14. The molecule has 3 aromatic heterocycles. The van der Waals surface area contributed by atoms with E-state index in [1.165, 1.54) is 0 Å². The molecule has 11 rings (SSSR count). The number of aromatic nitrogens is 4. The van der Waals surface area contributed by atoms with Crippen LogP contribution in [0.1, 0.15) is 11.0 Å². The predicted molar refractivity (Wildman–Crippen MR) is 234 cm³/mol. The average molecular weight is 741 g/mol. The third-order valence-corrected chi connectivity index (χ3v) is 11.4. The Labute approximate surface area is 338 Å². The van der Waals surface area contributed by atoms with Crippen molar-refractivity contribution in [3.05, 3.63) is 194 Å². The van der Waals surface area contributed by atoms with E-state index in [9.17, 15) is 2.74 Å². The van der Waals surface area contributed by atoms with Crippen molar-refractivity contribution in [1.29, 1.82) is 0 Å². The van der Waals surface area contributed by atoms with Gasteiger partial charge in [0.2, 0.25) is 0 Å². The largest absolute Gasteiger partial charge is 0.308 e. The van der Waals surface area contributed by atoms with Gasteiger partial charge in [0, 0.05) is 47.6 Å². The molecular formula is C51H32N4S. The molecule has 0 aliphatic heterocycles. The lowest BCUT2D eigenvalue weighted by Gasteiger charge is -2.16. The summed E-state index contributed by atoms with van der Waals surface area (Å²) in [6.07, 6.45) is 0. The molecule has 3 heterocycles. The third-order valence-electron chi connectivity index (χ3n) is 10.1. The number of benzene rings is 8. The Morgan fingerprint density at radius 1 is 0.393 bits per heavy atom. The monoisotopic (exact) mass is 740 g/mol. The number of hydrogen-bond donors (Lipinski definition) is 0. The highest BCUT2D eigenvalue weighted by Gasteiger charge is 2.21. The molecule has 262 valence electrons. The summed E-state index contributed by atoms with van der Waals surface area (Å²) < 4.78 is 75.8. The minimum Gasteiger partial charge on any atom is -0.308 e. The summed E-state index contributed by atoms with van der Waals surface area (Å²) in [5.74, 6) is 1.04. The number of thiophene rings is 1. The Bertz CT molecular complexity index is 3570. The highest BCUT2D eigenvalue weighted by atomic mass is 32.1. The van der Waals surface area contributed by atoms with Gasteiger partial charge in [-0.2, -0.15) is 0 Å². The zero-order valence-corrected chi connectivity index (χ0v) is 30.4. The predicted octanol–water partition coefficient (Wildman–Crippen LogP) is 13.7. The quantitative estimate of drug-likeness (QED) is 0.170. The molecule has 11 aromatic rings. The number of rotatable bonds is 6. The van der Waals surface area contributed by atoms with E-state index in [0.29, 0.717) is 22.9 Å². The lowest BCUT2D eigenvalue weighted by molar-refractivity contribution is 1.06. The minimum absolute atomic E-state index is 0.000375. The fraction of sp³-hybridized carbons (Fsp3) is 0. The van der Waals surface area contributed by atoms with Gasteiger partial charge in [-0.15, -0.1) is 11.3 Å². The maximum atomic E-state index is 9.38. The zero-order valence-electron chi connectivity index (χ0n) is 37.6. The summed E-state index contributed by atoms with van der Waals surface area (Å²) in [6.45, 7) is 0. The van der Waals surface area contributed by atoms with Gasteiger partial charge in [-0.05, 0) is 46.5 Å². The Morgan fingerprint density at radius 3 is 1.43 bits per heavy atom. The molecule has 0 fully saturated rings. The molecule has 0 atom stereocenters. The molecule has 5 heteroatoms. The second-order valence-corrected chi connectivity index (χ2v) is 14.4. The van der Waals surface area contributed by atoms with E-state index < -0.39 is 48.3 Å². The normalized spacial score (nSPS) is 13.6. The van der Waals surface area contributed by atoms with E-state index in [2.05, 4.69) is 36.4 Å². The Balaban J connectivity index is 1.28. The van der Waals surface area contributed by atoms with Crippen LogP contribution in [0.5, 0.6) is 0 Å². The third kappa shape index (κ3) is 5.32. The first kappa shape index (κ1) is 25.0. The van der Waals surface area contributed by atoms with Crippen molar-refractivity contribution in [2.75, 3.05) is 0 Å². The van der Waals surface area contributed by atoms with E-state index in [1.54, 1.807) is 15.9 Å². The fourth-order valence-electron chi connectivity index (χ4n) is 7.56. The summed E-state index contributed by atoms with van der Waals surface area (Å²) in [7, 11) is 0. The minimum atomic E-state index is -0.512. The number of hydrogen-bond acceptors (Lipinski definition) is 4. The first-order valence-corrected chi connectivity index (χ1v) is 18.9. The van der Waals surface area contributed by atoms with Crippen LogP contribution in [0.4, 0.5) is 0 Å². The molecule has 0 aliphatic rings. The van der Waals surface area contributed by atoms with Gasteiger partial charge in [0.05, 0.1) is 27.7 Å². The smallest absolute Gasteiger partial charge is 0.166 e. The molecular weight excluding hydrogens is 701 g/mol. The van der Waals surface area contributed by atoms with E-state index in [0.717, 1.165) is 53.6 Å². The standard InChI is InChI=1S/C51H32N4S/c1-4-16-33(17-5-1)37-24-14-26-41-42-27-15-25-38(48(42)56-47(37)41)36-30-31-43(46(32-36)55-44-28-12-10-22-39(44)40-23-11-13-29-45(40)55)51-53-49(34-18-6-2-7-19-34)52-50(54-51)35-20-8-3-9-21-35/h1-32H/i10D,11D,12D,13D,22D,23D,28D,29D. The summed E-state index contributed by atoms with van der Waals surface area (Å²) in [6, 6.07) is 44.0. The average Bonchev–Trinajstić information content (AvgIpc) is 3.92.